The molecule has 3 rings (SSSR count). The zero-order valence-corrected chi connectivity index (χ0v) is 14.2. The summed E-state index contributed by atoms with van der Waals surface area (Å²) in [7, 11) is 0. The van der Waals surface area contributed by atoms with Crippen LogP contribution in [0.4, 0.5) is 4.79 Å². The monoisotopic (exact) mass is 338 g/mol. The van der Waals surface area contributed by atoms with Gasteiger partial charge in [-0.1, -0.05) is 36.4 Å². The van der Waals surface area contributed by atoms with Crippen LogP contribution in [0.1, 0.15) is 29.3 Å². The number of amides is 2. The van der Waals surface area contributed by atoms with Gasteiger partial charge in [0, 0.05) is 0 Å². The minimum Gasteiger partial charge on any atom is -0.435 e. The third kappa shape index (κ3) is 2.76. The first-order valence-corrected chi connectivity index (χ1v) is 8.20. The quantitative estimate of drug-likeness (QED) is 0.848. The zero-order chi connectivity index (χ0) is 18.2. The molecular weight excluding hydrogens is 318 g/mol. The van der Waals surface area contributed by atoms with Gasteiger partial charge in [0.05, 0.1) is 12.0 Å². The van der Waals surface area contributed by atoms with Crippen molar-refractivity contribution < 1.29 is 24.0 Å². The molecule has 5 nitrogen and oxygen atoms in total. The molecule has 1 aliphatic heterocycles. The van der Waals surface area contributed by atoms with Crippen LogP contribution in [0.5, 0.6) is 0 Å². The number of likely N-dealkylation sites (tertiary alicyclic amines) is 1. The predicted octanol–water partition coefficient (Wildman–Crippen LogP) is 3.66. The van der Waals surface area contributed by atoms with Gasteiger partial charge in [-0.05, 0) is 42.7 Å². The van der Waals surface area contributed by atoms with Crippen molar-refractivity contribution in [2.45, 2.75) is 26.3 Å². The molecule has 5 heteroatoms. The molecule has 1 aliphatic rings. The summed E-state index contributed by atoms with van der Waals surface area (Å²) >= 11 is 0. The molecule has 0 radical (unpaired) electrons. The van der Waals surface area contributed by atoms with E-state index in [0.717, 1.165) is 16.7 Å². The van der Waals surface area contributed by atoms with Gasteiger partial charge >= 0.3 is 12.0 Å². The van der Waals surface area contributed by atoms with E-state index in [1.54, 1.807) is 19.1 Å². The number of hydrogen-bond acceptors (Lipinski definition) is 3. The van der Waals surface area contributed by atoms with E-state index in [1.165, 1.54) is 0 Å². The summed E-state index contributed by atoms with van der Waals surface area (Å²) in [4.78, 5) is 36.5. The van der Waals surface area contributed by atoms with Crippen LogP contribution in [0.3, 0.4) is 0 Å². The Morgan fingerprint density at radius 2 is 1.72 bits per heavy atom. The Morgan fingerprint density at radius 3 is 2.24 bits per heavy atom. The molecule has 2 aromatic carbocycles. The van der Waals surface area contributed by atoms with Crippen molar-refractivity contribution in [1.29, 1.82) is 0 Å². The van der Waals surface area contributed by atoms with Gasteiger partial charge in [0.2, 0.25) is 0 Å². The smallest absolute Gasteiger partial charge is 0.435 e. The van der Waals surface area contributed by atoms with Gasteiger partial charge < -0.3 is 5.11 Å². The molecule has 2 aromatic rings. The second-order valence-corrected chi connectivity index (χ2v) is 6.60. The topological polar surface area (TPSA) is 71.4 Å². The predicted molar refractivity (Wildman–Crippen MR) is 93.2 cm³/mol. The number of hydrogen-bond donors (Lipinski definition) is 1. The number of carboxylic acid groups (broad SMARTS) is 1. The Bertz CT molecular complexity index is 856. The first-order valence-electron chi connectivity index (χ1n) is 8.20. The Labute approximate surface area is 146 Å². The van der Waals surface area contributed by atoms with E-state index >= 15 is 0 Å². The van der Waals surface area contributed by atoms with Crippen molar-refractivity contribution in [3.63, 3.8) is 0 Å². The minimum atomic E-state index is -1.27. The molecule has 128 valence electrons. The maximum absolute atomic E-state index is 12.9. The van der Waals surface area contributed by atoms with Crippen molar-refractivity contribution in [3.8, 4) is 11.1 Å². The largest absolute Gasteiger partial charge is 0.522 e. The number of benzene rings is 2. The summed E-state index contributed by atoms with van der Waals surface area (Å²) in [6.45, 7) is 3.37. The van der Waals surface area contributed by atoms with E-state index in [4.69, 9.17) is 0 Å². The Morgan fingerprint density at radius 1 is 1.08 bits per heavy atom. The van der Waals surface area contributed by atoms with Crippen molar-refractivity contribution in [3.05, 3.63) is 59.7 Å². The lowest BCUT2D eigenvalue weighted by Crippen LogP contribution is -2.58. The fraction of sp³-hybridized carbons (Fsp3) is 0.250. The fourth-order valence-corrected chi connectivity index (χ4v) is 3.52. The summed E-state index contributed by atoms with van der Waals surface area (Å²) in [5, 5.41) is 9.65. The van der Waals surface area contributed by atoms with E-state index in [2.05, 4.69) is 0 Å². The summed E-state index contributed by atoms with van der Waals surface area (Å²) in [5.74, 6) is -0.734. The second kappa shape index (κ2) is 6.26. The summed E-state index contributed by atoms with van der Waals surface area (Å²) in [5.41, 5.74) is 3.45. The molecule has 2 amide bonds. The van der Waals surface area contributed by atoms with Crippen LogP contribution in [-0.4, -0.2) is 40.0 Å². The minimum absolute atomic E-state index is 0.110. The van der Waals surface area contributed by atoms with Gasteiger partial charge in [0.25, 0.3) is 0 Å². The van der Waals surface area contributed by atoms with Crippen molar-refractivity contribution in [1.82, 2.24) is 0 Å². The summed E-state index contributed by atoms with van der Waals surface area (Å²) in [6, 6.07) is 14.3. The molecule has 1 N–H and O–H groups in total. The number of ketones is 1. The van der Waals surface area contributed by atoms with Crippen molar-refractivity contribution >= 4 is 17.8 Å². The van der Waals surface area contributed by atoms with Crippen molar-refractivity contribution in [2.75, 3.05) is 6.54 Å². The number of carbonyl (C=O) groups excluding carboxylic acids is 2. The average Bonchev–Trinajstić information content (AvgIpc) is 2.90. The second-order valence-electron chi connectivity index (χ2n) is 6.60. The molecule has 1 heterocycles. The Balaban J connectivity index is 1.97. The maximum Gasteiger partial charge on any atom is 0.522 e. The van der Waals surface area contributed by atoms with Crippen LogP contribution in [0.2, 0.25) is 0 Å². The van der Waals surface area contributed by atoms with Crippen LogP contribution < -0.4 is 0 Å². The molecular formula is C20H20NO4+. The summed E-state index contributed by atoms with van der Waals surface area (Å²) in [6.07, 6.45) is -1.16. The highest BCUT2D eigenvalue weighted by Gasteiger charge is 2.56. The molecule has 0 aliphatic carbocycles. The molecule has 1 saturated heterocycles. The number of imide groups is 1. The molecule has 0 bridgehead atoms. The molecule has 25 heavy (non-hydrogen) atoms. The van der Waals surface area contributed by atoms with E-state index in [0.29, 0.717) is 5.56 Å². The number of Topliss-reactive ketones (excluding diaryl/α,β-unsaturated/α-hetero) is 1. The van der Waals surface area contributed by atoms with Gasteiger partial charge in [-0.15, -0.1) is 4.48 Å². The lowest BCUT2D eigenvalue weighted by Gasteiger charge is -2.28. The van der Waals surface area contributed by atoms with Gasteiger partial charge in [0.15, 0.2) is 12.3 Å². The zero-order valence-electron chi connectivity index (χ0n) is 14.2. The van der Waals surface area contributed by atoms with Gasteiger partial charge in [0.1, 0.15) is 6.04 Å². The number of aryl methyl sites for hydroxylation is 1. The lowest BCUT2D eigenvalue weighted by atomic mass is 9.99. The molecule has 0 spiro atoms. The number of rotatable bonds is 2. The van der Waals surface area contributed by atoms with E-state index in [-0.39, 0.29) is 18.7 Å². The van der Waals surface area contributed by atoms with E-state index in [1.807, 2.05) is 43.3 Å². The van der Waals surface area contributed by atoms with Crippen LogP contribution in [0, 0.1) is 6.92 Å². The molecule has 0 saturated carbocycles. The number of quaternary nitrogens is 1. The van der Waals surface area contributed by atoms with Crippen LogP contribution in [0.25, 0.3) is 11.1 Å². The molecule has 1 unspecified atom stereocenters. The number of carbonyl (C=O) groups is 3. The average molecular weight is 338 g/mol. The third-order valence-corrected chi connectivity index (χ3v) is 4.99. The number of nitrogens with zero attached hydrogens (tertiary/aromatic N) is 1. The molecule has 0 aromatic heterocycles. The standard InChI is InChI=1S/C20H19NO4/c1-13-5-3-4-6-18(13)15-7-9-16(10-8-15)19(23)21(20(24)25)12-17(22)11-14(21)2/h3-10,14H,11-12H2,1-2H3/p+1/t14-,21?/m1/s1. The Kier molecular flexibility index (Phi) is 4.27. The van der Waals surface area contributed by atoms with Crippen LogP contribution >= 0.6 is 0 Å². The first kappa shape index (κ1) is 17.0. The molecule has 2 atom stereocenters. The molecule has 1 fully saturated rings. The van der Waals surface area contributed by atoms with Crippen LogP contribution in [-0.2, 0) is 4.79 Å². The SMILES string of the molecule is Cc1ccccc1-c1ccc(C(=O)[N+]2(C(=O)O)CC(=O)C[C@H]2C)cc1. The highest BCUT2D eigenvalue weighted by atomic mass is 16.4. The fourth-order valence-electron chi connectivity index (χ4n) is 3.52. The van der Waals surface area contributed by atoms with Gasteiger partial charge in [-0.3, -0.25) is 4.79 Å². The lowest BCUT2D eigenvalue weighted by molar-refractivity contribution is -0.782. The van der Waals surface area contributed by atoms with E-state index in [9.17, 15) is 19.5 Å². The highest BCUT2D eigenvalue weighted by molar-refractivity contribution is 5.98. The normalized spacial score (nSPS) is 22.8. The maximum atomic E-state index is 12.9. The summed E-state index contributed by atoms with van der Waals surface area (Å²) < 4.78 is -0.845. The third-order valence-electron chi connectivity index (χ3n) is 4.99. The Hall–Kier alpha value is -2.79. The van der Waals surface area contributed by atoms with Gasteiger partial charge in [-0.2, -0.15) is 4.79 Å². The van der Waals surface area contributed by atoms with Crippen molar-refractivity contribution in [2.24, 2.45) is 0 Å². The first-order chi connectivity index (χ1) is 11.9. The van der Waals surface area contributed by atoms with Crippen LogP contribution in [0.15, 0.2) is 48.5 Å². The van der Waals surface area contributed by atoms with E-state index < -0.39 is 22.5 Å². The highest BCUT2D eigenvalue weighted by Crippen LogP contribution is 2.30. The van der Waals surface area contributed by atoms with Gasteiger partial charge in [-0.25, -0.2) is 4.79 Å².